The van der Waals surface area contributed by atoms with Gasteiger partial charge in [-0.05, 0) is 56.6 Å². The van der Waals surface area contributed by atoms with Gasteiger partial charge in [-0.2, -0.15) is 0 Å². The number of likely N-dealkylation sites (tertiary alicyclic amines) is 1. The fourth-order valence-electron chi connectivity index (χ4n) is 3.69. The average Bonchev–Trinajstić information content (AvgIpc) is 3.06. The van der Waals surface area contributed by atoms with E-state index in [0.29, 0.717) is 0 Å². The Kier molecular flexibility index (Phi) is 4.27. The maximum atomic E-state index is 3.48. The van der Waals surface area contributed by atoms with Crippen LogP contribution in [0.15, 0.2) is 18.2 Å². The number of benzene rings is 1. The van der Waals surface area contributed by atoms with E-state index < -0.39 is 0 Å². The molecule has 1 aromatic rings. The molecule has 110 valence electrons. The second-order valence-electron chi connectivity index (χ2n) is 6.29. The maximum Gasteiger partial charge on any atom is 0.0376 e. The van der Waals surface area contributed by atoms with E-state index in [0.717, 1.165) is 19.1 Å². The first-order valence-corrected chi connectivity index (χ1v) is 8.04. The molecule has 2 aliphatic heterocycles. The Bertz CT molecular complexity index is 458. The van der Waals surface area contributed by atoms with Crippen LogP contribution in [0, 0.1) is 0 Å². The summed E-state index contributed by atoms with van der Waals surface area (Å²) in [6.07, 6.45) is 3.91. The molecule has 1 unspecified atom stereocenters. The van der Waals surface area contributed by atoms with Gasteiger partial charge in [0.05, 0.1) is 0 Å². The number of rotatable bonds is 5. The van der Waals surface area contributed by atoms with E-state index in [2.05, 4.69) is 47.3 Å². The first kappa shape index (κ1) is 13.9. The zero-order valence-electron chi connectivity index (χ0n) is 12.9. The summed E-state index contributed by atoms with van der Waals surface area (Å²) in [6, 6.07) is 7.70. The van der Waals surface area contributed by atoms with Crippen molar-refractivity contribution in [3.63, 3.8) is 0 Å². The largest absolute Gasteiger partial charge is 0.384 e. The van der Waals surface area contributed by atoms with Crippen LogP contribution < -0.4 is 5.32 Å². The predicted molar refractivity (Wildman–Crippen MR) is 85.2 cm³/mol. The highest BCUT2D eigenvalue weighted by Crippen LogP contribution is 2.24. The molecular formula is C17H27N3. The van der Waals surface area contributed by atoms with E-state index in [4.69, 9.17) is 0 Å². The van der Waals surface area contributed by atoms with Crippen molar-refractivity contribution in [2.75, 3.05) is 38.5 Å². The Morgan fingerprint density at radius 1 is 1.40 bits per heavy atom. The molecule has 2 aliphatic rings. The van der Waals surface area contributed by atoms with Crippen LogP contribution in [0.5, 0.6) is 0 Å². The molecule has 3 rings (SSSR count). The highest BCUT2D eigenvalue weighted by Gasteiger charge is 2.24. The number of anilines is 1. The fraction of sp³-hybridized carbons (Fsp3) is 0.647. The monoisotopic (exact) mass is 273 g/mol. The van der Waals surface area contributed by atoms with Crippen LogP contribution in [-0.2, 0) is 13.0 Å². The van der Waals surface area contributed by atoms with Gasteiger partial charge in [-0.15, -0.1) is 0 Å². The summed E-state index contributed by atoms with van der Waals surface area (Å²) in [5.41, 5.74) is 4.26. The Balaban J connectivity index is 1.57. The smallest absolute Gasteiger partial charge is 0.0376 e. The first-order valence-electron chi connectivity index (χ1n) is 8.04. The molecule has 1 fully saturated rings. The number of nitrogens with zero attached hydrogens (tertiary/aromatic N) is 2. The van der Waals surface area contributed by atoms with Gasteiger partial charge in [0.25, 0.3) is 0 Å². The van der Waals surface area contributed by atoms with Gasteiger partial charge >= 0.3 is 0 Å². The van der Waals surface area contributed by atoms with Crippen molar-refractivity contribution in [3.8, 4) is 0 Å². The third-order valence-corrected chi connectivity index (χ3v) is 4.76. The summed E-state index contributed by atoms with van der Waals surface area (Å²) >= 11 is 0. The summed E-state index contributed by atoms with van der Waals surface area (Å²) in [4.78, 5) is 5.11. The standard InChI is InChI=1S/C17H27N3/c1-3-20-10-4-5-16(20)13-19(2)12-14-6-7-15-8-9-18-17(15)11-14/h6-7,11,16,18H,3-5,8-10,12-13H2,1-2H3. The van der Waals surface area contributed by atoms with Crippen molar-refractivity contribution in [2.24, 2.45) is 0 Å². The molecule has 3 nitrogen and oxygen atoms in total. The molecule has 1 atom stereocenters. The van der Waals surface area contributed by atoms with Crippen molar-refractivity contribution in [1.29, 1.82) is 0 Å². The van der Waals surface area contributed by atoms with Gasteiger partial charge in [-0.25, -0.2) is 0 Å². The third-order valence-electron chi connectivity index (χ3n) is 4.76. The van der Waals surface area contributed by atoms with Gasteiger partial charge in [0.2, 0.25) is 0 Å². The zero-order chi connectivity index (χ0) is 13.9. The molecule has 0 bridgehead atoms. The Morgan fingerprint density at radius 2 is 2.30 bits per heavy atom. The van der Waals surface area contributed by atoms with Crippen molar-refractivity contribution in [1.82, 2.24) is 9.80 Å². The van der Waals surface area contributed by atoms with Gasteiger partial charge in [-0.3, -0.25) is 4.90 Å². The van der Waals surface area contributed by atoms with E-state index in [1.807, 2.05) is 0 Å². The van der Waals surface area contributed by atoms with Crippen molar-refractivity contribution < 1.29 is 0 Å². The number of nitrogens with one attached hydrogen (secondary N) is 1. The average molecular weight is 273 g/mol. The number of likely N-dealkylation sites (N-methyl/N-ethyl adjacent to an activating group) is 2. The molecule has 1 aromatic carbocycles. The minimum atomic E-state index is 0.762. The molecule has 20 heavy (non-hydrogen) atoms. The fourth-order valence-corrected chi connectivity index (χ4v) is 3.69. The predicted octanol–water partition coefficient (Wildman–Crippen LogP) is 2.57. The highest BCUT2D eigenvalue weighted by molar-refractivity contribution is 5.56. The topological polar surface area (TPSA) is 18.5 Å². The summed E-state index contributed by atoms with van der Waals surface area (Å²) in [6.45, 7) is 8.12. The quantitative estimate of drug-likeness (QED) is 0.889. The molecule has 0 aromatic heterocycles. The third kappa shape index (κ3) is 2.99. The van der Waals surface area contributed by atoms with Crippen LogP contribution in [0.4, 0.5) is 5.69 Å². The number of fused-ring (bicyclic) bond motifs is 1. The highest BCUT2D eigenvalue weighted by atomic mass is 15.2. The van der Waals surface area contributed by atoms with Crippen molar-refractivity contribution in [2.45, 2.75) is 38.8 Å². The first-order chi connectivity index (χ1) is 9.76. The summed E-state index contributed by atoms with van der Waals surface area (Å²) in [5, 5.41) is 3.48. The molecular weight excluding hydrogens is 246 g/mol. The Morgan fingerprint density at radius 3 is 3.15 bits per heavy atom. The zero-order valence-corrected chi connectivity index (χ0v) is 12.9. The minimum Gasteiger partial charge on any atom is -0.384 e. The SMILES string of the molecule is CCN1CCCC1CN(C)Cc1ccc2c(c1)NCC2. The summed E-state index contributed by atoms with van der Waals surface area (Å²) in [5.74, 6) is 0. The molecule has 1 N–H and O–H groups in total. The lowest BCUT2D eigenvalue weighted by atomic mass is 10.1. The molecule has 0 saturated carbocycles. The molecule has 0 radical (unpaired) electrons. The molecule has 2 heterocycles. The lowest BCUT2D eigenvalue weighted by Crippen LogP contribution is -2.38. The Hall–Kier alpha value is -1.06. The van der Waals surface area contributed by atoms with Crippen LogP contribution in [-0.4, -0.2) is 49.1 Å². The van der Waals surface area contributed by atoms with E-state index in [-0.39, 0.29) is 0 Å². The number of hydrogen-bond donors (Lipinski definition) is 1. The molecule has 1 saturated heterocycles. The van der Waals surface area contributed by atoms with E-state index in [1.54, 1.807) is 0 Å². The second-order valence-corrected chi connectivity index (χ2v) is 6.29. The van der Waals surface area contributed by atoms with Crippen molar-refractivity contribution >= 4 is 5.69 Å². The van der Waals surface area contributed by atoms with Crippen LogP contribution in [0.3, 0.4) is 0 Å². The van der Waals surface area contributed by atoms with Crippen molar-refractivity contribution in [3.05, 3.63) is 29.3 Å². The van der Waals surface area contributed by atoms with Gasteiger partial charge in [0, 0.05) is 31.4 Å². The van der Waals surface area contributed by atoms with Crippen LogP contribution in [0.25, 0.3) is 0 Å². The lowest BCUT2D eigenvalue weighted by Gasteiger charge is -2.27. The molecule has 0 aliphatic carbocycles. The van der Waals surface area contributed by atoms with Crippen LogP contribution >= 0.6 is 0 Å². The van der Waals surface area contributed by atoms with E-state index >= 15 is 0 Å². The van der Waals surface area contributed by atoms with Gasteiger partial charge in [0.1, 0.15) is 0 Å². The van der Waals surface area contributed by atoms with E-state index in [9.17, 15) is 0 Å². The lowest BCUT2D eigenvalue weighted by molar-refractivity contribution is 0.195. The van der Waals surface area contributed by atoms with Gasteiger partial charge < -0.3 is 10.2 Å². The molecule has 3 heteroatoms. The van der Waals surface area contributed by atoms with Gasteiger partial charge in [0.15, 0.2) is 0 Å². The normalized spacial score (nSPS) is 22.2. The minimum absolute atomic E-state index is 0.762. The van der Waals surface area contributed by atoms with Crippen LogP contribution in [0.2, 0.25) is 0 Å². The molecule has 0 spiro atoms. The summed E-state index contributed by atoms with van der Waals surface area (Å²) in [7, 11) is 2.26. The summed E-state index contributed by atoms with van der Waals surface area (Å²) < 4.78 is 0. The van der Waals surface area contributed by atoms with Crippen LogP contribution in [0.1, 0.15) is 30.9 Å². The number of hydrogen-bond acceptors (Lipinski definition) is 3. The molecule has 0 amide bonds. The van der Waals surface area contributed by atoms with E-state index in [1.165, 1.54) is 55.7 Å². The maximum absolute atomic E-state index is 3.48. The second kappa shape index (κ2) is 6.15. The Labute approximate surface area is 123 Å². The van der Waals surface area contributed by atoms with Gasteiger partial charge in [-0.1, -0.05) is 19.1 Å².